The maximum atomic E-state index is 13.7. The first-order valence-electron chi connectivity index (χ1n) is 11.8. The van der Waals surface area contributed by atoms with Crippen LogP contribution in [0.5, 0.6) is 0 Å². The fourth-order valence-corrected chi connectivity index (χ4v) is 6.11. The Bertz CT molecular complexity index is 1340. The summed E-state index contributed by atoms with van der Waals surface area (Å²) >= 11 is 6.80. The molecule has 0 radical (unpaired) electrons. The normalized spacial score (nSPS) is 20.3. The molecule has 1 saturated heterocycles. The van der Waals surface area contributed by atoms with Crippen LogP contribution in [-0.2, 0) is 5.41 Å². The van der Waals surface area contributed by atoms with Gasteiger partial charge in [-0.3, -0.25) is 9.69 Å². The summed E-state index contributed by atoms with van der Waals surface area (Å²) in [4.78, 5) is 22.1. The molecule has 1 aromatic heterocycles. The summed E-state index contributed by atoms with van der Waals surface area (Å²) in [5.41, 5.74) is 5.33. The van der Waals surface area contributed by atoms with E-state index in [4.69, 9.17) is 11.6 Å². The molecule has 2 aliphatic carbocycles. The van der Waals surface area contributed by atoms with Gasteiger partial charge in [-0.25, -0.2) is 0 Å². The number of hydrogen-bond acceptors (Lipinski definition) is 4. The highest BCUT2D eigenvalue weighted by molar-refractivity contribution is 6.34. The second-order valence-electron chi connectivity index (χ2n) is 10.2. The number of hydrogen-bond donors (Lipinski definition) is 1. The van der Waals surface area contributed by atoms with E-state index in [0.29, 0.717) is 21.7 Å². The highest BCUT2D eigenvalue weighted by Crippen LogP contribution is 2.46. The standard InChI is InChI=1S/C27H27ClN4O/c1-27(2)20-14-23(32-10-8-31(9-11-32)17-4-3-5-17)21(28)13-19(20)25(33)24-18-7-6-16(15-29)12-22(18)30-26(24)27/h6-7,12-14,17,30H,3-5,8-11H2,1-2H3. The number of fused-ring (bicyclic) bond motifs is 4. The highest BCUT2D eigenvalue weighted by atomic mass is 35.5. The molecule has 2 fully saturated rings. The number of nitriles is 1. The van der Waals surface area contributed by atoms with Crippen molar-refractivity contribution in [3.05, 3.63) is 63.3 Å². The Balaban J connectivity index is 1.40. The quantitative estimate of drug-likeness (QED) is 0.570. The monoisotopic (exact) mass is 458 g/mol. The second kappa shape index (κ2) is 7.35. The molecule has 1 aliphatic heterocycles. The summed E-state index contributed by atoms with van der Waals surface area (Å²) < 4.78 is 0. The second-order valence-corrected chi connectivity index (χ2v) is 10.6. The molecular formula is C27H27ClN4O. The maximum absolute atomic E-state index is 13.7. The summed E-state index contributed by atoms with van der Waals surface area (Å²) in [5, 5.41) is 10.8. The minimum absolute atomic E-state index is 0.00136. The van der Waals surface area contributed by atoms with Gasteiger partial charge < -0.3 is 9.88 Å². The number of aromatic nitrogens is 1. The molecule has 6 heteroatoms. The van der Waals surface area contributed by atoms with Gasteiger partial charge in [0.25, 0.3) is 0 Å². The van der Waals surface area contributed by atoms with Gasteiger partial charge in [-0.05, 0) is 42.7 Å². The first-order chi connectivity index (χ1) is 15.9. The van der Waals surface area contributed by atoms with Gasteiger partial charge in [0.15, 0.2) is 5.78 Å². The number of nitrogens with zero attached hydrogens (tertiary/aromatic N) is 3. The molecule has 0 amide bonds. The van der Waals surface area contributed by atoms with Crippen LogP contribution >= 0.6 is 11.6 Å². The minimum Gasteiger partial charge on any atom is -0.368 e. The third-order valence-electron chi connectivity index (χ3n) is 8.03. The zero-order chi connectivity index (χ0) is 22.9. The number of H-pyrrole nitrogens is 1. The zero-order valence-electron chi connectivity index (χ0n) is 19.0. The number of carbonyl (C=O) groups excluding carboxylic acids is 1. The molecule has 2 aromatic carbocycles. The number of carbonyl (C=O) groups is 1. The lowest BCUT2D eigenvalue weighted by Gasteiger charge is -2.44. The average molecular weight is 459 g/mol. The van der Waals surface area contributed by atoms with Crippen molar-refractivity contribution in [1.29, 1.82) is 5.26 Å². The van der Waals surface area contributed by atoms with Gasteiger partial charge in [-0.15, -0.1) is 0 Å². The van der Waals surface area contributed by atoms with E-state index in [0.717, 1.165) is 60.1 Å². The number of ketones is 1. The molecule has 33 heavy (non-hydrogen) atoms. The van der Waals surface area contributed by atoms with Crippen LogP contribution in [0.3, 0.4) is 0 Å². The van der Waals surface area contributed by atoms with Crippen LogP contribution < -0.4 is 4.90 Å². The zero-order valence-corrected chi connectivity index (χ0v) is 19.8. The van der Waals surface area contributed by atoms with E-state index in [2.05, 4.69) is 40.8 Å². The molecule has 1 N–H and O–H groups in total. The smallest absolute Gasteiger partial charge is 0.195 e. The Morgan fingerprint density at radius 3 is 2.55 bits per heavy atom. The van der Waals surface area contributed by atoms with Crippen LogP contribution in [-0.4, -0.2) is 47.9 Å². The Labute approximate surface area is 198 Å². The van der Waals surface area contributed by atoms with Gasteiger partial charge in [0.05, 0.1) is 27.9 Å². The number of piperazine rings is 1. The largest absolute Gasteiger partial charge is 0.368 e. The number of nitrogens with one attached hydrogen (secondary N) is 1. The fourth-order valence-electron chi connectivity index (χ4n) is 5.83. The first kappa shape index (κ1) is 20.8. The number of aromatic amines is 1. The van der Waals surface area contributed by atoms with E-state index in [-0.39, 0.29) is 5.78 Å². The summed E-state index contributed by atoms with van der Waals surface area (Å²) in [6.07, 6.45) is 4.02. The Kier molecular flexibility index (Phi) is 4.62. The first-order valence-corrected chi connectivity index (χ1v) is 12.2. The van der Waals surface area contributed by atoms with Gasteiger partial charge >= 0.3 is 0 Å². The summed E-state index contributed by atoms with van der Waals surface area (Å²) in [5.74, 6) is -0.00136. The Morgan fingerprint density at radius 2 is 1.88 bits per heavy atom. The molecular weight excluding hydrogens is 432 g/mol. The van der Waals surface area contributed by atoms with Crippen LogP contribution in [0.2, 0.25) is 5.02 Å². The van der Waals surface area contributed by atoms with E-state index in [1.54, 1.807) is 6.07 Å². The van der Waals surface area contributed by atoms with Gasteiger partial charge in [0.1, 0.15) is 0 Å². The molecule has 0 spiro atoms. The topological polar surface area (TPSA) is 63.1 Å². The van der Waals surface area contributed by atoms with E-state index in [9.17, 15) is 10.1 Å². The van der Waals surface area contributed by atoms with E-state index >= 15 is 0 Å². The van der Waals surface area contributed by atoms with E-state index in [1.165, 1.54) is 19.3 Å². The molecule has 3 aliphatic rings. The SMILES string of the molecule is CC1(C)c2cc(N3CCN(C4CCC4)CC3)c(Cl)cc2C(=O)c2c1[nH]c1cc(C#N)ccc21. The van der Waals surface area contributed by atoms with Crippen LogP contribution in [0.1, 0.15) is 65.9 Å². The third kappa shape index (κ3) is 3.04. The van der Waals surface area contributed by atoms with Crippen molar-refractivity contribution in [1.82, 2.24) is 9.88 Å². The number of halogens is 1. The van der Waals surface area contributed by atoms with Crippen molar-refractivity contribution in [2.75, 3.05) is 31.1 Å². The van der Waals surface area contributed by atoms with Crippen molar-refractivity contribution in [3.8, 4) is 6.07 Å². The highest BCUT2D eigenvalue weighted by Gasteiger charge is 2.41. The molecule has 1 saturated carbocycles. The molecule has 3 aromatic rings. The lowest BCUT2D eigenvalue weighted by atomic mass is 9.71. The summed E-state index contributed by atoms with van der Waals surface area (Å²) in [6.45, 7) is 8.35. The van der Waals surface area contributed by atoms with Crippen molar-refractivity contribution >= 4 is 34.0 Å². The predicted octanol–water partition coefficient (Wildman–Crippen LogP) is 5.24. The average Bonchev–Trinajstić information content (AvgIpc) is 3.17. The maximum Gasteiger partial charge on any atom is 0.195 e. The Morgan fingerprint density at radius 1 is 1.12 bits per heavy atom. The van der Waals surface area contributed by atoms with Gasteiger partial charge in [-0.2, -0.15) is 5.26 Å². The molecule has 0 unspecified atom stereocenters. The molecule has 0 atom stereocenters. The molecule has 0 bridgehead atoms. The van der Waals surface area contributed by atoms with Gasteiger partial charge in [0, 0.05) is 59.8 Å². The number of rotatable bonds is 2. The van der Waals surface area contributed by atoms with Gasteiger partial charge in [0.2, 0.25) is 0 Å². The molecule has 6 rings (SSSR count). The van der Waals surface area contributed by atoms with Gasteiger partial charge in [-0.1, -0.05) is 37.9 Å². The van der Waals surface area contributed by atoms with E-state index in [1.807, 2.05) is 18.2 Å². The lowest BCUT2D eigenvalue weighted by molar-refractivity contribution is 0.103. The minimum atomic E-state index is -0.391. The van der Waals surface area contributed by atoms with Crippen molar-refractivity contribution in [3.63, 3.8) is 0 Å². The molecule has 168 valence electrons. The van der Waals surface area contributed by atoms with Crippen molar-refractivity contribution < 1.29 is 4.79 Å². The van der Waals surface area contributed by atoms with Crippen LogP contribution in [0.4, 0.5) is 5.69 Å². The van der Waals surface area contributed by atoms with Crippen molar-refractivity contribution in [2.45, 2.75) is 44.6 Å². The lowest BCUT2D eigenvalue weighted by Crippen LogP contribution is -2.52. The van der Waals surface area contributed by atoms with Crippen LogP contribution in [0.25, 0.3) is 10.9 Å². The summed E-state index contributed by atoms with van der Waals surface area (Å²) in [7, 11) is 0. The van der Waals surface area contributed by atoms with E-state index < -0.39 is 5.41 Å². The number of benzene rings is 2. The fraction of sp³-hybridized carbons (Fsp3) is 0.407. The molecule has 2 heterocycles. The third-order valence-corrected chi connectivity index (χ3v) is 8.33. The number of anilines is 1. The van der Waals surface area contributed by atoms with Crippen LogP contribution in [0.15, 0.2) is 30.3 Å². The molecule has 5 nitrogen and oxygen atoms in total. The van der Waals surface area contributed by atoms with Crippen molar-refractivity contribution in [2.24, 2.45) is 0 Å². The summed E-state index contributed by atoms with van der Waals surface area (Å²) in [6, 6.07) is 12.4. The Hall–Kier alpha value is -2.81. The van der Waals surface area contributed by atoms with Crippen LogP contribution in [0, 0.1) is 11.3 Å². The predicted molar refractivity (Wildman–Crippen MR) is 131 cm³/mol.